The van der Waals surface area contributed by atoms with Gasteiger partial charge < -0.3 is 4.74 Å². The van der Waals surface area contributed by atoms with Crippen molar-refractivity contribution in [2.45, 2.75) is 26.4 Å². The molecule has 1 rings (SSSR count). The number of methoxy groups -OCH3 is 1. The molecule has 0 saturated heterocycles. The predicted molar refractivity (Wildman–Crippen MR) is 65.0 cm³/mol. The normalized spacial score (nSPS) is 10.9. The number of hydrogen-bond donors (Lipinski definition) is 0. The molecule has 0 aliphatic carbocycles. The van der Waals surface area contributed by atoms with Crippen molar-refractivity contribution in [2.24, 2.45) is 0 Å². The van der Waals surface area contributed by atoms with Crippen molar-refractivity contribution >= 4 is 18.1 Å². The third-order valence-electron chi connectivity index (χ3n) is 1.86. The number of hydroxylamine groups is 1. The Bertz CT molecular complexity index is 423. The monoisotopic (exact) mass is 252 g/mol. The molecule has 6 nitrogen and oxygen atoms in total. The van der Waals surface area contributed by atoms with Crippen LogP contribution >= 0.6 is 0 Å². The fourth-order valence-corrected chi connectivity index (χ4v) is 1.17. The summed E-state index contributed by atoms with van der Waals surface area (Å²) in [4.78, 5) is 31.4. The molecule has 6 heteroatoms. The number of anilines is 1. The van der Waals surface area contributed by atoms with Gasteiger partial charge in [0.05, 0.1) is 24.6 Å². The van der Waals surface area contributed by atoms with Crippen LogP contribution in [0.3, 0.4) is 0 Å². The van der Waals surface area contributed by atoms with Crippen LogP contribution in [-0.4, -0.2) is 30.1 Å². The highest BCUT2D eigenvalue weighted by atomic mass is 16.7. The molecular weight excluding hydrogens is 236 g/mol. The van der Waals surface area contributed by atoms with Crippen molar-refractivity contribution in [3.63, 3.8) is 0 Å². The van der Waals surface area contributed by atoms with Crippen molar-refractivity contribution in [1.82, 2.24) is 4.98 Å². The van der Waals surface area contributed by atoms with Gasteiger partial charge in [-0.1, -0.05) is 0 Å². The Balaban J connectivity index is 2.88. The summed E-state index contributed by atoms with van der Waals surface area (Å²) in [6.45, 7) is 5.46. The summed E-state index contributed by atoms with van der Waals surface area (Å²) in [6.07, 6.45) is 1.91. The molecule has 0 aliphatic rings. The molecule has 0 fully saturated rings. The number of ether oxygens (including phenoxy) is 1. The summed E-state index contributed by atoms with van der Waals surface area (Å²) < 4.78 is 4.53. The molecule has 0 radical (unpaired) electrons. The lowest BCUT2D eigenvalue weighted by atomic mass is 10.2. The molecule has 0 bridgehead atoms. The Kier molecular flexibility index (Phi) is 4.38. The maximum atomic E-state index is 11.2. The van der Waals surface area contributed by atoms with E-state index in [1.807, 2.05) is 20.8 Å². The third-order valence-corrected chi connectivity index (χ3v) is 1.86. The molecule has 1 aromatic rings. The molecule has 1 amide bonds. The van der Waals surface area contributed by atoms with Gasteiger partial charge in [0.15, 0.2) is 0 Å². The van der Waals surface area contributed by atoms with E-state index in [9.17, 15) is 9.59 Å². The molecular formula is C12H16N2O4. The van der Waals surface area contributed by atoms with Gasteiger partial charge >= 0.3 is 5.97 Å². The molecule has 18 heavy (non-hydrogen) atoms. The Morgan fingerprint density at radius 2 is 2.06 bits per heavy atom. The average molecular weight is 252 g/mol. The van der Waals surface area contributed by atoms with Gasteiger partial charge in [-0.15, -0.1) is 0 Å². The first-order valence-corrected chi connectivity index (χ1v) is 5.35. The van der Waals surface area contributed by atoms with E-state index in [1.165, 1.54) is 19.4 Å². The number of carbonyl (C=O) groups is 2. The van der Waals surface area contributed by atoms with E-state index in [-0.39, 0.29) is 5.69 Å². The summed E-state index contributed by atoms with van der Waals surface area (Å²) in [6, 6.07) is 3.02. The van der Waals surface area contributed by atoms with E-state index in [2.05, 4.69) is 9.72 Å². The Labute approximate surface area is 105 Å². The first-order chi connectivity index (χ1) is 8.37. The molecule has 0 spiro atoms. The Morgan fingerprint density at radius 1 is 1.39 bits per heavy atom. The fraction of sp³-hybridized carbons (Fsp3) is 0.417. The first-order valence-electron chi connectivity index (χ1n) is 5.35. The van der Waals surface area contributed by atoms with Crippen LogP contribution in [0.2, 0.25) is 0 Å². The zero-order chi connectivity index (χ0) is 13.8. The minimum atomic E-state index is -0.532. The second-order valence-electron chi connectivity index (χ2n) is 4.53. The molecule has 0 saturated carbocycles. The highest BCUT2D eigenvalue weighted by Gasteiger charge is 2.18. The topological polar surface area (TPSA) is 68.7 Å². The number of carbonyl (C=O) groups excluding carboxylic acids is 2. The van der Waals surface area contributed by atoms with Gasteiger partial charge in [-0.3, -0.25) is 9.63 Å². The first kappa shape index (κ1) is 14.1. The van der Waals surface area contributed by atoms with Gasteiger partial charge in [-0.2, -0.15) is 5.06 Å². The van der Waals surface area contributed by atoms with Crippen LogP contribution in [0.4, 0.5) is 5.69 Å². The van der Waals surface area contributed by atoms with Crippen LogP contribution in [-0.2, 0) is 14.4 Å². The van der Waals surface area contributed by atoms with Crippen LogP contribution in [0.15, 0.2) is 18.3 Å². The van der Waals surface area contributed by atoms with Crippen LogP contribution in [0.5, 0.6) is 0 Å². The summed E-state index contributed by atoms with van der Waals surface area (Å²) in [5, 5.41) is 1.06. The lowest BCUT2D eigenvalue weighted by Gasteiger charge is -2.26. The predicted octanol–water partition coefficient (Wildman–Crippen LogP) is 1.56. The summed E-state index contributed by atoms with van der Waals surface area (Å²) in [5.74, 6) is -0.532. The van der Waals surface area contributed by atoms with Gasteiger partial charge in [-0.05, 0) is 32.9 Å². The third kappa shape index (κ3) is 3.81. The SMILES string of the molecule is COC(=O)c1ccc(N(C=O)OC(C)(C)C)cn1. The maximum Gasteiger partial charge on any atom is 0.356 e. The average Bonchev–Trinajstić information content (AvgIpc) is 2.34. The standard InChI is InChI=1S/C12H16N2O4/c1-12(2,3)18-14(8-15)9-5-6-10(13-7-9)11(16)17-4/h5-8H,1-4H3. The molecule has 1 aromatic heterocycles. The van der Waals surface area contributed by atoms with Gasteiger partial charge in [0, 0.05) is 0 Å². The van der Waals surface area contributed by atoms with Gasteiger partial charge in [0.1, 0.15) is 5.69 Å². The number of nitrogens with zero attached hydrogens (tertiary/aromatic N) is 2. The van der Waals surface area contributed by atoms with E-state index >= 15 is 0 Å². The number of rotatable bonds is 4. The number of amides is 1. The number of hydrogen-bond acceptors (Lipinski definition) is 5. The van der Waals surface area contributed by atoms with Crippen LogP contribution in [0.25, 0.3) is 0 Å². The number of aromatic nitrogens is 1. The van der Waals surface area contributed by atoms with Crippen molar-refractivity contribution in [3.05, 3.63) is 24.0 Å². The molecule has 0 unspecified atom stereocenters. The molecule has 1 heterocycles. The Hall–Kier alpha value is -1.95. The lowest BCUT2D eigenvalue weighted by Crippen LogP contribution is -2.33. The minimum Gasteiger partial charge on any atom is -0.464 e. The molecule has 0 aliphatic heterocycles. The second-order valence-corrected chi connectivity index (χ2v) is 4.53. The molecule has 0 aromatic carbocycles. The van der Waals surface area contributed by atoms with Gasteiger partial charge in [-0.25, -0.2) is 9.78 Å². The van der Waals surface area contributed by atoms with E-state index in [0.717, 1.165) is 5.06 Å². The molecule has 98 valence electrons. The maximum absolute atomic E-state index is 11.2. The van der Waals surface area contributed by atoms with Crippen molar-refractivity contribution in [3.8, 4) is 0 Å². The summed E-state index contributed by atoms with van der Waals surface area (Å²) >= 11 is 0. The van der Waals surface area contributed by atoms with Crippen LogP contribution in [0.1, 0.15) is 31.3 Å². The fourth-order valence-electron chi connectivity index (χ4n) is 1.17. The number of esters is 1. The van der Waals surface area contributed by atoms with Crippen molar-refractivity contribution in [1.29, 1.82) is 0 Å². The molecule has 0 N–H and O–H groups in total. The minimum absolute atomic E-state index is 0.169. The van der Waals surface area contributed by atoms with Crippen molar-refractivity contribution in [2.75, 3.05) is 12.2 Å². The lowest BCUT2D eigenvalue weighted by molar-refractivity contribution is -0.120. The van der Waals surface area contributed by atoms with E-state index in [4.69, 9.17) is 4.84 Å². The highest BCUT2D eigenvalue weighted by Crippen LogP contribution is 2.17. The zero-order valence-electron chi connectivity index (χ0n) is 10.8. The van der Waals surface area contributed by atoms with Gasteiger partial charge in [0.25, 0.3) is 0 Å². The van der Waals surface area contributed by atoms with E-state index < -0.39 is 11.6 Å². The van der Waals surface area contributed by atoms with Gasteiger partial charge in [0.2, 0.25) is 6.41 Å². The highest BCUT2D eigenvalue weighted by molar-refractivity contribution is 5.87. The Morgan fingerprint density at radius 3 is 2.44 bits per heavy atom. The zero-order valence-corrected chi connectivity index (χ0v) is 10.8. The van der Waals surface area contributed by atoms with Crippen molar-refractivity contribution < 1.29 is 19.2 Å². The molecule has 0 atom stereocenters. The number of pyridine rings is 1. The van der Waals surface area contributed by atoms with Crippen LogP contribution in [0, 0.1) is 0 Å². The van der Waals surface area contributed by atoms with Crippen LogP contribution < -0.4 is 5.06 Å². The largest absolute Gasteiger partial charge is 0.464 e. The van der Waals surface area contributed by atoms with E-state index in [0.29, 0.717) is 12.1 Å². The summed E-state index contributed by atoms with van der Waals surface area (Å²) in [7, 11) is 1.28. The second kappa shape index (κ2) is 5.59. The smallest absolute Gasteiger partial charge is 0.356 e. The quantitative estimate of drug-likeness (QED) is 0.462. The summed E-state index contributed by atoms with van der Waals surface area (Å²) in [5.41, 5.74) is 0.0949. The van der Waals surface area contributed by atoms with E-state index in [1.54, 1.807) is 6.07 Å².